The van der Waals surface area contributed by atoms with E-state index in [1.807, 2.05) is 0 Å². The molecule has 1 heterocycles. The number of guanidine groups is 2. The molecule has 0 amide bonds. The highest BCUT2D eigenvalue weighted by Gasteiger charge is 2.12. The zero-order valence-corrected chi connectivity index (χ0v) is 10.6. The lowest BCUT2D eigenvalue weighted by Gasteiger charge is -2.01. The van der Waals surface area contributed by atoms with Gasteiger partial charge in [0.05, 0.1) is 11.3 Å². The summed E-state index contributed by atoms with van der Waals surface area (Å²) in [6, 6.07) is 4.49. The molecule has 0 aliphatic rings. The van der Waals surface area contributed by atoms with Crippen molar-refractivity contribution in [3.05, 3.63) is 24.1 Å². The fourth-order valence-corrected chi connectivity index (χ4v) is 1.46. The molecule has 9 nitrogen and oxygen atoms in total. The van der Waals surface area contributed by atoms with E-state index in [0.29, 0.717) is 17.1 Å². The van der Waals surface area contributed by atoms with Crippen molar-refractivity contribution < 1.29 is 9.52 Å². The number of phenols is 1. The summed E-state index contributed by atoms with van der Waals surface area (Å²) in [5, 5.41) is 17.3. The molecule has 0 atom stereocenters. The number of hydrogen-bond acceptors (Lipinski definition) is 5. The third-order valence-corrected chi connectivity index (χ3v) is 2.22. The molecule has 0 bridgehead atoms. The van der Waals surface area contributed by atoms with Crippen LogP contribution in [0.3, 0.4) is 0 Å². The minimum Gasteiger partial charge on any atom is -0.507 e. The maximum absolute atomic E-state index is 9.80. The topological polar surface area (TPSA) is 162 Å². The van der Waals surface area contributed by atoms with E-state index in [-0.39, 0.29) is 23.6 Å². The fraction of sp³-hybridized carbons (Fsp3) is 0.0909. The number of benzene rings is 1. The molecular weight excluding hydrogens is 262 g/mol. The number of hydrogen-bond donors (Lipinski definition) is 4. The van der Waals surface area contributed by atoms with Gasteiger partial charge in [0.15, 0.2) is 5.96 Å². The van der Waals surface area contributed by atoms with Gasteiger partial charge in [-0.1, -0.05) is 0 Å². The van der Waals surface area contributed by atoms with Crippen LogP contribution in [-0.4, -0.2) is 27.2 Å². The molecule has 0 saturated carbocycles. The number of nitrogens with zero attached hydrogens (tertiary/aromatic N) is 4. The van der Waals surface area contributed by atoms with Crippen LogP contribution < -0.4 is 17.2 Å². The van der Waals surface area contributed by atoms with Crippen LogP contribution in [0.25, 0.3) is 11.5 Å². The van der Waals surface area contributed by atoms with Gasteiger partial charge in [-0.2, -0.15) is 4.99 Å². The Morgan fingerprint density at radius 3 is 2.60 bits per heavy atom. The van der Waals surface area contributed by atoms with Gasteiger partial charge in [0, 0.05) is 6.92 Å². The van der Waals surface area contributed by atoms with Crippen molar-refractivity contribution in [2.45, 2.75) is 6.92 Å². The SMILES string of the molecule is Cc1nnc(-c2cc(N=C(N)N=C(N)N)ccc2O)o1. The first-order valence-corrected chi connectivity index (χ1v) is 5.53. The Kier molecular flexibility index (Phi) is 3.51. The Bertz CT molecular complexity index is 686. The summed E-state index contributed by atoms with van der Waals surface area (Å²) < 4.78 is 5.25. The molecule has 0 spiro atoms. The van der Waals surface area contributed by atoms with Crippen molar-refractivity contribution in [2.75, 3.05) is 0 Å². The number of nitrogens with two attached hydrogens (primary N) is 3. The largest absolute Gasteiger partial charge is 0.507 e. The van der Waals surface area contributed by atoms with E-state index in [9.17, 15) is 5.11 Å². The Hall–Kier alpha value is -3.10. The van der Waals surface area contributed by atoms with E-state index in [4.69, 9.17) is 21.6 Å². The van der Waals surface area contributed by atoms with Crippen molar-refractivity contribution in [1.29, 1.82) is 0 Å². The second kappa shape index (κ2) is 5.26. The van der Waals surface area contributed by atoms with Crippen molar-refractivity contribution in [1.82, 2.24) is 10.2 Å². The average molecular weight is 275 g/mol. The number of aromatic nitrogens is 2. The predicted molar refractivity (Wildman–Crippen MR) is 73.2 cm³/mol. The van der Waals surface area contributed by atoms with E-state index in [0.717, 1.165) is 0 Å². The summed E-state index contributed by atoms with van der Waals surface area (Å²) >= 11 is 0. The van der Waals surface area contributed by atoms with E-state index in [2.05, 4.69) is 20.2 Å². The molecule has 0 aliphatic heterocycles. The quantitative estimate of drug-likeness (QED) is 0.441. The van der Waals surface area contributed by atoms with Gasteiger partial charge in [0.2, 0.25) is 11.9 Å². The number of aromatic hydroxyl groups is 1. The molecule has 7 N–H and O–H groups in total. The van der Waals surface area contributed by atoms with Crippen LogP contribution in [0.5, 0.6) is 5.75 Å². The molecule has 0 radical (unpaired) electrons. The van der Waals surface area contributed by atoms with Crippen molar-refractivity contribution in [2.24, 2.45) is 27.2 Å². The van der Waals surface area contributed by atoms with Gasteiger partial charge in [-0.15, -0.1) is 10.2 Å². The standard InChI is InChI=1S/C11H13N7O2/c1-5-17-18-9(20-5)7-4-6(2-3-8(7)19)15-11(14)16-10(12)13/h2-4,19H,1H3,(H6,12,13,14,15,16). The van der Waals surface area contributed by atoms with Crippen LogP contribution >= 0.6 is 0 Å². The first-order valence-electron chi connectivity index (χ1n) is 5.53. The summed E-state index contributed by atoms with van der Waals surface area (Å²) in [6.07, 6.45) is 0. The minimum absolute atomic E-state index is 0.0204. The lowest BCUT2D eigenvalue weighted by molar-refractivity contribution is 0.471. The Labute approximate surface area is 113 Å². The van der Waals surface area contributed by atoms with Crippen molar-refractivity contribution >= 4 is 17.6 Å². The monoisotopic (exact) mass is 275 g/mol. The maximum Gasteiger partial charge on any atom is 0.251 e. The van der Waals surface area contributed by atoms with E-state index in [1.54, 1.807) is 6.92 Å². The molecule has 2 rings (SSSR count). The van der Waals surface area contributed by atoms with Crippen LogP contribution in [0, 0.1) is 6.92 Å². The summed E-state index contributed by atoms with van der Waals surface area (Å²) in [5.41, 5.74) is 16.7. The van der Waals surface area contributed by atoms with Gasteiger partial charge < -0.3 is 26.7 Å². The summed E-state index contributed by atoms with van der Waals surface area (Å²) in [5.74, 6) is 0.236. The van der Waals surface area contributed by atoms with Gasteiger partial charge in [-0.25, -0.2) is 4.99 Å². The van der Waals surface area contributed by atoms with E-state index >= 15 is 0 Å². The third-order valence-electron chi connectivity index (χ3n) is 2.22. The van der Waals surface area contributed by atoms with Crippen LogP contribution in [0.1, 0.15) is 5.89 Å². The molecule has 9 heteroatoms. The Morgan fingerprint density at radius 1 is 1.25 bits per heavy atom. The zero-order chi connectivity index (χ0) is 14.7. The van der Waals surface area contributed by atoms with Crippen molar-refractivity contribution in [3.8, 4) is 17.2 Å². The molecule has 20 heavy (non-hydrogen) atoms. The average Bonchev–Trinajstić information content (AvgIpc) is 2.77. The summed E-state index contributed by atoms with van der Waals surface area (Å²) in [7, 11) is 0. The lowest BCUT2D eigenvalue weighted by atomic mass is 10.2. The van der Waals surface area contributed by atoms with Crippen molar-refractivity contribution in [3.63, 3.8) is 0 Å². The van der Waals surface area contributed by atoms with Crippen LogP contribution in [-0.2, 0) is 0 Å². The van der Waals surface area contributed by atoms with Crippen LogP contribution in [0.2, 0.25) is 0 Å². The second-order valence-electron chi connectivity index (χ2n) is 3.83. The number of phenolic OH excluding ortho intramolecular Hbond substituents is 1. The molecule has 0 fully saturated rings. The van der Waals surface area contributed by atoms with Gasteiger partial charge >= 0.3 is 0 Å². The smallest absolute Gasteiger partial charge is 0.251 e. The second-order valence-corrected chi connectivity index (χ2v) is 3.83. The number of rotatable bonds is 2. The highest BCUT2D eigenvalue weighted by molar-refractivity contribution is 5.93. The number of aliphatic imine (C=N–C) groups is 2. The Morgan fingerprint density at radius 2 is 2.00 bits per heavy atom. The normalized spacial score (nSPS) is 11.3. The summed E-state index contributed by atoms with van der Waals surface area (Å²) in [6.45, 7) is 1.65. The van der Waals surface area contributed by atoms with Gasteiger partial charge in [0.1, 0.15) is 5.75 Å². The van der Waals surface area contributed by atoms with E-state index in [1.165, 1.54) is 18.2 Å². The van der Waals surface area contributed by atoms with Gasteiger partial charge in [0.25, 0.3) is 5.89 Å². The highest BCUT2D eigenvalue weighted by Crippen LogP contribution is 2.31. The first-order chi connectivity index (χ1) is 9.45. The molecule has 1 aromatic carbocycles. The maximum atomic E-state index is 9.80. The van der Waals surface area contributed by atoms with Crippen LogP contribution in [0.15, 0.2) is 32.6 Å². The zero-order valence-electron chi connectivity index (χ0n) is 10.6. The number of aryl methyl sites for hydroxylation is 1. The van der Waals surface area contributed by atoms with Gasteiger partial charge in [-0.05, 0) is 18.2 Å². The first kappa shape index (κ1) is 13.3. The van der Waals surface area contributed by atoms with Crippen LogP contribution in [0.4, 0.5) is 5.69 Å². The molecule has 104 valence electrons. The van der Waals surface area contributed by atoms with Gasteiger partial charge in [-0.3, -0.25) is 0 Å². The molecule has 1 aromatic heterocycles. The molecule has 0 saturated heterocycles. The molecule has 0 aliphatic carbocycles. The summed E-state index contributed by atoms with van der Waals surface area (Å²) in [4.78, 5) is 7.57. The lowest BCUT2D eigenvalue weighted by Crippen LogP contribution is -2.26. The highest BCUT2D eigenvalue weighted by atomic mass is 16.4. The predicted octanol–water partition coefficient (Wildman–Crippen LogP) is -0.0298. The molecule has 2 aromatic rings. The Balaban J connectivity index is 2.41. The minimum atomic E-state index is -0.197. The third kappa shape index (κ3) is 3.02. The molecular formula is C11H13N7O2. The molecule has 0 unspecified atom stereocenters. The van der Waals surface area contributed by atoms with E-state index < -0.39 is 0 Å². The fourth-order valence-electron chi connectivity index (χ4n) is 1.46.